The lowest BCUT2D eigenvalue weighted by atomic mass is 10.2. The van der Waals surface area contributed by atoms with Crippen molar-refractivity contribution in [2.75, 3.05) is 32.1 Å². The normalized spacial score (nSPS) is 16.1. The first-order chi connectivity index (χ1) is 15.5. The molecule has 1 aromatic carbocycles. The number of nitrogens with zero attached hydrogens (tertiary/aromatic N) is 4. The third-order valence-electron chi connectivity index (χ3n) is 5.30. The first-order valence-corrected chi connectivity index (χ1v) is 10.9. The zero-order chi connectivity index (χ0) is 22.5. The van der Waals surface area contributed by atoms with E-state index in [0.29, 0.717) is 65.0 Å². The molecule has 0 aliphatic carbocycles. The van der Waals surface area contributed by atoms with Gasteiger partial charge in [0.25, 0.3) is 0 Å². The highest BCUT2D eigenvalue weighted by Crippen LogP contribution is 2.32. The molecule has 3 aromatic rings. The lowest BCUT2D eigenvalue weighted by Crippen LogP contribution is -2.28. The summed E-state index contributed by atoms with van der Waals surface area (Å²) in [6.07, 6.45) is 5.70. The predicted molar refractivity (Wildman–Crippen MR) is 124 cm³/mol. The van der Waals surface area contributed by atoms with Crippen LogP contribution in [0.3, 0.4) is 0 Å². The molecule has 32 heavy (non-hydrogen) atoms. The lowest BCUT2D eigenvalue weighted by molar-refractivity contribution is -0.130. The third-order valence-corrected chi connectivity index (χ3v) is 5.61. The smallest absolute Gasteiger partial charge is 0.222 e. The quantitative estimate of drug-likeness (QED) is 0.472. The van der Waals surface area contributed by atoms with E-state index in [9.17, 15) is 9.90 Å². The molecule has 0 fully saturated rings. The summed E-state index contributed by atoms with van der Waals surface area (Å²) in [4.78, 5) is 30.0. The van der Waals surface area contributed by atoms with Crippen LogP contribution in [-0.2, 0) is 4.79 Å². The van der Waals surface area contributed by atoms with Crippen LogP contribution in [-0.4, -0.2) is 63.8 Å². The SMILES string of the molecule is CN1CCCNc2ncnc3[nH]c(O)c(c23)C=Nc2ccc(Cl)c(c2)OCCCCC1=O. The van der Waals surface area contributed by atoms with Gasteiger partial charge in [-0.25, -0.2) is 9.97 Å². The number of ether oxygens (including phenoxy) is 1. The Kier molecular flexibility index (Phi) is 6.75. The number of aromatic nitrogens is 3. The Morgan fingerprint density at radius 1 is 1.22 bits per heavy atom. The molecule has 9 nitrogen and oxygen atoms in total. The highest BCUT2D eigenvalue weighted by molar-refractivity contribution is 6.32. The number of aromatic amines is 1. The van der Waals surface area contributed by atoms with Crippen LogP contribution in [0.15, 0.2) is 29.5 Å². The van der Waals surface area contributed by atoms with Gasteiger partial charge in [0.05, 0.1) is 28.3 Å². The minimum atomic E-state index is -0.0473. The van der Waals surface area contributed by atoms with Gasteiger partial charge in [0, 0.05) is 38.8 Å². The molecule has 1 amide bonds. The number of anilines is 1. The standard InChI is InChI=1S/C22H25ClN6O3/c1-29-9-4-8-24-20-19-15(22(31)28-21(19)27-13-26-20)12-25-14-6-7-16(23)17(11-14)32-10-3-2-5-18(29)30/h6-7,11-13,31H,2-5,8-10H2,1H3,(H2,24,26,27,28). The molecule has 168 valence electrons. The zero-order valence-corrected chi connectivity index (χ0v) is 18.5. The number of aromatic hydroxyl groups is 1. The first-order valence-electron chi connectivity index (χ1n) is 10.5. The number of nitrogens with one attached hydrogen (secondary N) is 2. The maximum Gasteiger partial charge on any atom is 0.222 e. The van der Waals surface area contributed by atoms with E-state index in [-0.39, 0.29) is 11.8 Å². The highest BCUT2D eigenvalue weighted by atomic mass is 35.5. The Labute approximate surface area is 190 Å². The molecule has 0 saturated heterocycles. The molecule has 0 radical (unpaired) electrons. The van der Waals surface area contributed by atoms with Crippen molar-refractivity contribution in [3.63, 3.8) is 0 Å². The summed E-state index contributed by atoms with van der Waals surface area (Å²) in [6.45, 7) is 1.70. The number of hydrogen-bond acceptors (Lipinski definition) is 7. The van der Waals surface area contributed by atoms with Crippen LogP contribution < -0.4 is 10.1 Å². The number of halogens is 1. The van der Waals surface area contributed by atoms with E-state index >= 15 is 0 Å². The molecule has 3 N–H and O–H groups in total. The molecule has 2 aromatic heterocycles. The fourth-order valence-corrected chi connectivity index (χ4v) is 3.69. The monoisotopic (exact) mass is 456 g/mol. The van der Waals surface area contributed by atoms with Gasteiger partial charge in [-0.05, 0) is 31.4 Å². The van der Waals surface area contributed by atoms with Gasteiger partial charge in [-0.2, -0.15) is 0 Å². The zero-order valence-electron chi connectivity index (χ0n) is 17.8. The Bertz CT molecular complexity index is 1150. The van der Waals surface area contributed by atoms with Crippen molar-refractivity contribution in [1.82, 2.24) is 19.9 Å². The molecule has 0 saturated carbocycles. The number of aliphatic imine (C=N–C) groups is 1. The Morgan fingerprint density at radius 2 is 2.09 bits per heavy atom. The molecule has 0 atom stereocenters. The minimum Gasteiger partial charge on any atom is -0.494 e. The number of rotatable bonds is 0. The van der Waals surface area contributed by atoms with Crippen LogP contribution in [0.4, 0.5) is 11.5 Å². The van der Waals surface area contributed by atoms with Gasteiger partial charge in [0.15, 0.2) is 5.88 Å². The van der Waals surface area contributed by atoms with Crippen molar-refractivity contribution < 1.29 is 14.6 Å². The van der Waals surface area contributed by atoms with Gasteiger partial charge in [-0.3, -0.25) is 9.79 Å². The molecule has 0 spiro atoms. The van der Waals surface area contributed by atoms with Crippen molar-refractivity contribution >= 4 is 46.3 Å². The van der Waals surface area contributed by atoms with Crippen molar-refractivity contribution in [1.29, 1.82) is 0 Å². The average molecular weight is 457 g/mol. The van der Waals surface area contributed by atoms with Crippen molar-refractivity contribution in [3.8, 4) is 11.6 Å². The maximum absolute atomic E-state index is 12.3. The molecule has 1 aliphatic heterocycles. The van der Waals surface area contributed by atoms with Crippen LogP contribution in [0.25, 0.3) is 11.0 Å². The van der Waals surface area contributed by atoms with Gasteiger partial charge < -0.3 is 25.0 Å². The van der Waals surface area contributed by atoms with Gasteiger partial charge in [-0.15, -0.1) is 0 Å². The molecule has 4 rings (SSSR count). The number of amides is 1. The van der Waals surface area contributed by atoms with Crippen molar-refractivity contribution in [3.05, 3.63) is 35.1 Å². The Morgan fingerprint density at radius 3 is 2.97 bits per heavy atom. The topological polar surface area (TPSA) is 116 Å². The number of carbonyl (C=O) groups excluding carboxylic acids is 1. The van der Waals surface area contributed by atoms with Crippen LogP contribution in [0.1, 0.15) is 31.2 Å². The fourth-order valence-electron chi connectivity index (χ4n) is 3.51. The summed E-state index contributed by atoms with van der Waals surface area (Å²) in [5.74, 6) is 1.17. The van der Waals surface area contributed by atoms with E-state index in [4.69, 9.17) is 16.3 Å². The molecule has 3 heterocycles. The summed E-state index contributed by atoms with van der Waals surface area (Å²) in [5.41, 5.74) is 1.60. The molecular weight excluding hydrogens is 432 g/mol. The fraction of sp³-hybridized carbons (Fsp3) is 0.364. The van der Waals surface area contributed by atoms with E-state index in [1.807, 2.05) is 7.05 Å². The number of fused-ring (bicyclic) bond motifs is 2. The summed E-state index contributed by atoms with van der Waals surface area (Å²) in [6, 6.07) is 5.23. The van der Waals surface area contributed by atoms with Crippen LogP contribution in [0.5, 0.6) is 11.6 Å². The predicted octanol–water partition coefficient (Wildman–Crippen LogP) is 3.89. The first kappa shape index (κ1) is 21.9. The molecular formula is C22H25ClN6O3. The molecule has 0 unspecified atom stereocenters. The number of carbonyl (C=O) groups is 1. The molecule has 1 aliphatic rings. The van der Waals surface area contributed by atoms with E-state index in [2.05, 4.69) is 25.3 Å². The number of H-pyrrole nitrogens is 1. The van der Waals surface area contributed by atoms with Gasteiger partial charge in [-0.1, -0.05) is 11.6 Å². The van der Waals surface area contributed by atoms with Gasteiger partial charge in [0.2, 0.25) is 5.91 Å². The van der Waals surface area contributed by atoms with E-state index < -0.39 is 0 Å². The summed E-state index contributed by atoms with van der Waals surface area (Å²) in [7, 11) is 1.81. The third kappa shape index (κ3) is 4.94. The second-order valence-corrected chi connectivity index (χ2v) is 8.01. The average Bonchev–Trinajstić information content (AvgIpc) is 3.11. The molecule has 10 heteroatoms. The van der Waals surface area contributed by atoms with Crippen LogP contribution in [0, 0.1) is 0 Å². The van der Waals surface area contributed by atoms with Crippen LogP contribution in [0.2, 0.25) is 5.02 Å². The van der Waals surface area contributed by atoms with E-state index in [1.54, 1.807) is 29.3 Å². The second-order valence-electron chi connectivity index (χ2n) is 7.61. The summed E-state index contributed by atoms with van der Waals surface area (Å²) < 4.78 is 5.81. The summed E-state index contributed by atoms with van der Waals surface area (Å²) >= 11 is 6.26. The van der Waals surface area contributed by atoms with Gasteiger partial charge >= 0.3 is 0 Å². The lowest BCUT2D eigenvalue weighted by Gasteiger charge is -2.17. The minimum absolute atomic E-state index is 0.0473. The number of hydrogen-bond donors (Lipinski definition) is 3. The molecule has 2 bridgehead atoms. The van der Waals surface area contributed by atoms with Gasteiger partial charge in [0.1, 0.15) is 23.5 Å². The Balaban J connectivity index is 1.68. The van der Waals surface area contributed by atoms with Crippen LogP contribution >= 0.6 is 11.6 Å². The van der Waals surface area contributed by atoms with Crippen molar-refractivity contribution in [2.24, 2.45) is 4.99 Å². The summed E-state index contributed by atoms with van der Waals surface area (Å²) in [5, 5.41) is 14.8. The highest BCUT2D eigenvalue weighted by Gasteiger charge is 2.16. The maximum atomic E-state index is 12.3. The van der Waals surface area contributed by atoms with Crippen molar-refractivity contribution in [2.45, 2.75) is 25.7 Å². The second kappa shape index (κ2) is 9.86. The largest absolute Gasteiger partial charge is 0.494 e. The Hall–Kier alpha value is -3.33. The van der Waals surface area contributed by atoms with E-state index in [0.717, 1.165) is 19.3 Å². The number of benzene rings is 1. The van der Waals surface area contributed by atoms with E-state index in [1.165, 1.54) is 6.33 Å².